The maximum atomic E-state index is 12.0. The van der Waals surface area contributed by atoms with E-state index in [1.807, 2.05) is 6.92 Å². The van der Waals surface area contributed by atoms with Gasteiger partial charge < -0.3 is 9.94 Å². The summed E-state index contributed by atoms with van der Waals surface area (Å²) in [5.74, 6) is 0.0880. The number of methoxy groups -OCH3 is 1. The van der Waals surface area contributed by atoms with Crippen molar-refractivity contribution in [3.8, 4) is 0 Å². The van der Waals surface area contributed by atoms with Crippen LogP contribution in [0.2, 0.25) is 0 Å². The van der Waals surface area contributed by atoms with Crippen LogP contribution in [0.5, 0.6) is 0 Å². The van der Waals surface area contributed by atoms with Crippen molar-refractivity contribution in [3.05, 3.63) is 0 Å². The molecule has 7 heteroatoms. The minimum Gasteiger partial charge on any atom is -0.411 e. The topological polar surface area (TPSA) is 79.2 Å². The summed E-state index contributed by atoms with van der Waals surface area (Å²) in [6, 6.07) is 0. The van der Waals surface area contributed by atoms with E-state index in [1.165, 1.54) is 4.31 Å². The molecule has 0 aliphatic carbocycles. The summed E-state index contributed by atoms with van der Waals surface area (Å²) in [5.41, 5.74) is 0.674. The van der Waals surface area contributed by atoms with Crippen LogP contribution in [0.15, 0.2) is 5.16 Å². The third kappa shape index (κ3) is 3.93. The lowest BCUT2D eigenvalue weighted by atomic mass is 10.00. The number of nitrogens with zero attached hydrogens (tertiary/aromatic N) is 2. The highest BCUT2D eigenvalue weighted by Crippen LogP contribution is 2.17. The van der Waals surface area contributed by atoms with Gasteiger partial charge in [0.2, 0.25) is 10.0 Å². The second kappa shape index (κ2) is 6.32. The van der Waals surface area contributed by atoms with Gasteiger partial charge >= 0.3 is 0 Å². The van der Waals surface area contributed by atoms with Gasteiger partial charge in [0.1, 0.15) is 0 Å². The minimum atomic E-state index is -3.20. The largest absolute Gasteiger partial charge is 0.411 e. The first-order valence-electron chi connectivity index (χ1n) is 5.69. The van der Waals surface area contributed by atoms with E-state index in [0.717, 1.165) is 0 Å². The summed E-state index contributed by atoms with van der Waals surface area (Å²) >= 11 is 0. The Hall–Kier alpha value is -0.660. The van der Waals surface area contributed by atoms with Gasteiger partial charge in [0.15, 0.2) is 0 Å². The van der Waals surface area contributed by atoms with Crippen LogP contribution in [0.4, 0.5) is 0 Å². The number of oxime groups is 1. The Balaban J connectivity index is 2.56. The lowest BCUT2D eigenvalue weighted by Crippen LogP contribution is -2.44. The third-order valence-corrected chi connectivity index (χ3v) is 4.86. The van der Waals surface area contributed by atoms with Gasteiger partial charge in [-0.05, 0) is 6.42 Å². The molecule has 6 nitrogen and oxygen atoms in total. The first-order chi connectivity index (χ1) is 8.01. The van der Waals surface area contributed by atoms with Gasteiger partial charge in [-0.2, -0.15) is 0 Å². The molecule has 1 aliphatic heterocycles. The molecule has 1 N–H and O–H groups in total. The first-order valence-corrected chi connectivity index (χ1v) is 7.29. The molecule has 0 aromatic carbocycles. The zero-order valence-electron chi connectivity index (χ0n) is 10.3. The van der Waals surface area contributed by atoms with Crippen LogP contribution in [-0.4, -0.2) is 56.2 Å². The Bertz CT molecular complexity index is 367. The number of sulfonamides is 1. The predicted molar refractivity (Wildman–Crippen MR) is 64.9 cm³/mol. The standard InChI is InChI=1S/C10H20N2O4S/c1-9-8-12(5-4-10(9)11-13)17(14,15)7-3-6-16-2/h9,13H,3-8H2,1-2H3. The number of piperidine rings is 1. The highest BCUT2D eigenvalue weighted by atomic mass is 32.2. The number of hydrogen-bond donors (Lipinski definition) is 1. The lowest BCUT2D eigenvalue weighted by Gasteiger charge is -2.30. The normalized spacial score (nSPS) is 25.3. The molecule has 1 unspecified atom stereocenters. The minimum absolute atomic E-state index is 0.0223. The summed E-state index contributed by atoms with van der Waals surface area (Å²) in [7, 11) is -1.65. The maximum absolute atomic E-state index is 12.0. The van der Waals surface area contributed by atoms with Crippen LogP contribution in [0.1, 0.15) is 19.8 Å². The zero-order valence-corrected chi connectivity index (χ0v) is 11.1. The monoisotopic (exact) mass is 264 g/mol. The molecule has 0 aromatic heterocycles. The quantitative estimate of drug-likeness (QED) is 0.446. The summed E-state index contributed by atoms with van der Waals surface area (Å²) in [4.78, 5) is 0. The molecule has 1 atom stereocenters. The van der Waals surface area contributed by atoms with Gasteiger partial charge in [-0.25, -0.2) is 12.7 Å². The second-order valence-corrected chi connectivity index (χ2v) is 6.35. The van der Waals surface area contributed by atoms with Crippen LogP contribution in [-0.2, 0) is 14.8 Å². The fraction of sp³-hybridized carbons (Fsp3) is 0.900. The molecule has 0 bridgehead atoms. The molecular formula is C10H20N2O4S. The first kappa shape index (κ1) is 14.4. The molecule has 0 amide bonds. The Morgan fingerprint density at radius 2 is 2.29 bits per heavy atom. The fourth-order valence-corrected chi connectivity index (χ4v) is 3.46. The van der Waals surface area contributed by atoms with Gasteiger partial charge in [-0.1, -0.05) is 12.1 Å². The summed E-state index contributed by atoms with van der Waals surface area (Å²) in [6.07, 6.45) is 1.01. The van der Waals surface area contributed by atoms with E-state index in [0.29, 0.717) is 38.2 Å². The average molecular weight is 264 g/mol. The highest BCUT2D eigenvalue weighted by molar-refractivity contribution is 7.89. The van der Waals surface area contributed by atoms with Crippen molar-refractivity contribution in [3.63, 3.8) is 0 Å². The molecule has 0 saturated carbocycles. The van der Waals surface area contributed by atoms with Gasteiger partial charge in [-0.3, -0.25) is 0 Å². The van der Waals surface area contributed by atoms with E-state index in [-0.39, 0.29) is 11.7 Å². The molecule has 1 aliphatic rings. The van der Waals surface area contributed by atoms with E-state index < -0.39 is 10.0 Å². The van der Waals surface area contributed by atoms with Crippen molar-refractivity contribution in [2.75, 3.05) is 32.6 Å². The molecule has 1 saturated heterocycles. The van der Waals surface area contributed by atoms with Crippen molar-refractivity contribution in [1.82, 2.24) is 4.31 Å². The van der Waals surface area contributed by atoms with Gasteiger partial charge in [0.25, 0.3) is 0 Å². The molecule has 1 rings (SSSR count). The average Bonchev–Trinajstić information content (AvgIpc) is 2.29. The van der Waals surface area contributed by atoms with Crippen LogP contribution >= 0.6 is 0 Å². The summed E-state index contributed by atoms with van der Waals surface area (Å²) in [6.45, 7) is 3.12. The van der Waals surface area contributed by atoms with Crippen molar-refractivity contribution in [2.24, 2.45) is 11.1 Å². The number of hydrogen-bond acceptors (Lipinski definition) is 5. The zero-order chi connectivity index (χ0) is 12.9. The van der Waals surface area contributed by atoms with E-state index in [1.54, 1.807) is 7.11 Å². The highest BCUT2D eigenvalue weighted by Gasteiger charge is 2.30. The number of rotatable bonds is 5. The molecule has 0 radical (unpaired) electrons. The van der Waals surface area contributed by atoms with Crippen molar-refractivity contribution in [1.29, 1.82) is 0 Å². The van der Waals surface area contributed by atoms with E-state index in [2.05, 4.69) is 5.16 Å². The molecule has 100 valence electrons. The second-order valence-electron chi connectivity index (χ2n) is 4.26. The maximum Gasteiger partial charge on any atom is 0.214 e. The van der Waals surface area contributed by atoms with Crippen molar-refractivity contribution < 1.29 is 18.4 Å². The van der Waals surface area contributed by atoms with Gasteiger partial charge in [-0.15, -0.1) is 0 Å². The summed E-state index contributed by atoms with van der Waals surface area (Å²) < 4.78 is 30.3. The van der Waals surface area contributed by atoms with E-state index >= 15 is 0 Å². The van der Waals surface area contributed by atoms with Gasteiger partial charge in [0, 0.05) is 39.1 Å². The molecular weight excluding hydrogens is 244 g/mol. The molecule has 0 spiro atoms. The molecule has 0 aromatic rings. The smallest absolute Gasteiger partial charge is 0.214 e. The van der Waals surface area contributed by atoms with E-state index in [4.69, 9.17) is 9.94 Å². The summed E-state index contributed by atoms with van der Waals surface area (Å²) in [5, 5.41) is 11.9. The van der Waals surface area contributed by atoms with Crippen molar-refractivity contribution in [2.45, 2.75) is 19.8 Å². The fourth-order valence-electron chi connectivity index (χ4n) is 1.90. The Labute approximate surface area is 102 Å². The molecule has 1 heterocycles. The van der Waals surface area contributed by atoms with Crippen molar-refractivity contribution >= 4 is 15.7 Å². The molecule has 17 heavy (non-hydrogen) atoms. The number of ether oxygens (including phenoxy) is 1. The Kier molecular flexibility index (Phi) is 5.35. The Morgan fingerprint density at radius 3 is 2.82 bits per heavy atom. The van der Waals surface area contributed by atoms with Crippen LogP contribution in [0.3, 0.4) is 0 Å². The van der Waals surface area contributed by atoms with Crippen LogP contribution in [0.25, 0.3) is 0 Å². The third-order valence-electron chi connectivity index (χ3n) is 2.94. The predicted octanol–water partition coefficient (Wildman–Crippen LogP) is 0.525. The van der Waals surface area contributed by atoms with Gasteiger partial charge in [0.05, 0.1) is 11.5 Å². The molecule has 1 fully saturated rings. The van der Waals surface area contributed by atoms with E-state index in [9.17, 15) is 8.42 Å². The van der Waals surface area contributed by atoms with Crippen LogP contribution in [0, 0.1) is 5.92 Å². The lowest BCUT2D eigenvalue weighted by molar-refractivity contribution is 0.199. The SMILES string of the molecule is COCCCS(=O)(=O)N1CCC(=NO)C(C)C1. The van der Waals surface area contributed by atoms with Crippen LogP contribution < -0.4 is 0 Å². The Morgan fingerprint density at radius 1 is 1.59 bits per heavy atom.